The Balaban J connectivity index is 2.13. The van der Waals surface area contributed by atoms with Gasteiger partial charge in [0.2, 0.25) is 0 Å². The van der Waals surface area contributed by atoms with Crippen LogP contribution < -0.4 is 0 Å². The summed E-state index contributed by atoms with van der Waals surface area (Å²) in [5.74, 6) is 0. The number of halogens is 1. The van der Waals surface area contributed by atoms with Gasteiger partial charge in [0.1, 0.15) is 0 Å². The molecule has 2 rings (SSSR count). The summed E-state index contributed by atoms with van der Waals surface area (Å²) in [6.45, 7) is 19.1. The van der Waals surface area contributed by atoms with E-state index >= 15 is 0 Å². The molecule has 144 valence electrons. The molecule has 1 aromatic carbocycles. The van der Waals surface area contributed by atoms with Crippen LogP contribution in [0.1, 0.15) is 53.6 Å². The summed E-state index contributed by atoms with van der Waals surface area (Å²) in [6.07, 6.45) is 2.32. The van der Waals surface area contributed by atoms with E-state index in [1.165, 1.54) is 28.4 Å². The highest BCUT2D eigenvalue weighted by Gasteiger charge is 2.28. The Hall–Kier alpha value is -0.320. The number of benzene rings is 1. The molecule has 0 saturated carbocycles. The Kier molecular flexibility index (Phi) is 7.43. The van der Waals surface area contributed by atoms with Crippen LogP contribution in [0.25, 0.3) is 0 Å². The topological polar surface area (TPSA) is 3.24 Å². The van der Waals surface area contributed by atoms with Gasteiger partial charge in [-0.1, -0.05) is 41.1 Å². The molecule has 0 saturated heterocycles. The standard InChI is InChI=1S/C22H34ClNP2/c1-16-9-11-21(12-10-16)15-24(22(6,7)8)26(23)14-13-25-19(4)17(2)18(3)20(25)5/h9-12H,13-15H2,1-8H3. The Morgan fingerprint density at radius 2 is 1.42 bits per heavy atom. The first kappa shape index (κ1) is 22.0. The Labute approximate surface area is 167 Å². The van der Waals surface area contributed by atoms with Crippen molar-refractivity contribution in [3.63, 3.8) is 0 Å². The summed E-state index contributed by atoms with van der Waals surface area (Å²) in [5.41, 5.74) is 5.76. The molecule has 0 aliphatic carbocycles. The Morgan fingerprint density at radius 3 is 1.88 bits per heavy atom. The second-order valence-corrected chi connectivity index (χ2v) is 13.8. The van der Waals surface area contributed by atoms with Crippen molar-refractivity contribution in [2.24, 2.45) is 0 Å². The van der Waals surface area contributed by atoms with Crippen molar-refractivity contribution in [2.75, 3.05) is 6.16 Å². The van der Waals surface area contributed by atoms with Crippen LogP contribution in [0, 0.1) is 34.6 Å². The van der Waals surface area contributed by atoms with E-state index < -0.39 is 7.43 Å². The maximum absolute atomic E-state index is 7.03. The zero-order valence-corrected chi connectivity index (χ0v) is 20.2. The number of aryl methyl sites for hydroxylation is 1. The van der Waals surface area contributed by atoms with Crippen LogP contribution in [-0.2, 0) is 12.7 Å². The lowest BCUT2D eigenvalue weighted by molar-refractivity contribution is 0.259. The smallest absolute Gasteiger partial charge is 0.0640 e. The van der Waals surface area contributed by atoms with Crippen molar-refractivity contribution in [2.45, 2.75) is 73.6 Å². The van der Waals surface area contributed by atoms with Crippen molar-refractivity contribution in [1.29, 1.82) is 0 Å². The molecule has 1 heterocycles. The van der Waals surface area contributed by atoms with Gasteiger partial charge >= 0.3 is 0 Å². The number of rotatable bonds is 6. The van der Waals surface area contributed by atoms with Gasteiger partial charge in [-0.05, 0) is 88.8 Å². The molecule has 0 aliphatic heterocycles. The number of hydrogen-bond donors (Lipinski definition) is 0. The van der Waals surface area contributed by atoms with E-state index in [1.54, 1.807) is 10.6 Å². The molecule has 1 atom stereocenters. The molecule has 0 aliphatic rings. The number of hydrogen-bond acceptors (Lipinski definition) is 1. The van der Waals surface area contributed by atoms with E-state index in [-0.39, 0.29) is 13.1 Å². The first-order valence-electron chi connectivity index (χ1n) is 9.41. The molecule has 0 fully saturated rings. The zero-order valence-electron chi connectivity index (χ0n) is 17.7. The molecule has 1 nitrogen and oxygen atoms in total. The van der Waals surface area contributed by atoms with Crippen molar-refractivity contribution < 1.29 is 0 Å². The monoisotopic (exact) mass is 409 g/mol. The molecule has 1 aromatic heterocycles. The third kappa shape index (κ3) is 5.14. The summed E-state index contributed by atoms with van der Waals surface area (Å²) in [4.78, 5) is 0. The van der Waals surface area contributed by atoms with Crippen LogP contribution in [0.4, 0.5) is 0 Å². The molecule has 0 bridgehead atoms. The molecule has 2 aromatic rings. The second kappa shape index (κ2) is 8.79. The largest absolute Gasteiger partial charge is 0.260 e. The predicted octanol–water partition coefficient (Wildman–Crippen LogP) is 8.07. The van der Waals surface area contributed by atoms with Gasteiger partial charge in [0.05, 0.1) is 7.43 Å². The fraction of sp³-hybridized carbons (Fsp3) is 0.545. The van der Waals surface area contributed by atoms with E-state index in [0.29, 0.717) is 0 Å². The molecule has 26 heavy (non-hydrogen) atoms. The fourth-order valence-corrected chi connectivity index (χ4v) is 9.85. The van der Waals surface area contributed by atoms with Gasteiger partial charge in [-0.2, -0.15) is 0 Å². The maximum Gasteiger partial charge on any atom is 0.0640 e. The highest BCUT2D eigenvalue weighted by atomic mass is 35.7. The zero-order chi connectivity index (χ0) is 19.6. The van der Waals surface area contributed by atoms with Crippen LogP contribution in [0.5, 0.6) is 0 Å². The Morgan fingerprint density at radius 1 is 0.923 bits per heavy atom. The summed E-state index contributed by atoms with van der Waals surface area (Å²) in [7, 11) is -0.808. The van der Waals surface area contributed by atoms with Crippen LogP contribution in [0.2, 0.25) is 0 Å². The van der Waals surface area contributed by atoms with E-state index in [0.717, 1.165) is 12.7 Å². The minimum absolute atomic E-state index is 0.0723. The normalized spacial score (nSPS) is 13.5. The maximum atomic E-state index is 7.03. The van der Waals surface area contributed by atoms with Crippen molar-refractivity contribution in [3.8, 4) is 0 Å². The average Bonchev–Trinajstić information content (AvgIpc) is 2.75. The minimum atomic E-state index is -0.670. The van der Waals surface area contributed by atoms with Gasteiger partial charge in [-0.25, -0.2) is 0 Å². The quantitative estimate of drug-likeness (QED) is 0.436. The van der Waals surface area contributed by atoms with E-state index in [4.69, 9.17) is 11.2 Å². The van der Waals surface area contributed by atoms with Gasteiger partial charge in [0.15, 0.2) is 0 Å². The van der Waals surface area contributed by atoms with Crippen LogP contribution in [0.15, 0.2) is 24.3 Å². The average molecular weight is 410 g/mol. The fourth-order valence-electron chi connectivity index (χ4n) is 3.34. The van der Waals surface area contributed by atoms with E-state index in [2.05, 4.69) is 84.3 Å². The summed E-state index contributed by atoms with van der Waals surface area (Å²) < 4.78 is 2.51. The molecular weight excluding hydrogens is 376 g/mol. The highest BCUT2D eigenvalue weighted by Crippen LogP contribution is 2.54. The van der Waals surface area contributed by atoms with Gasteiger partial charge in [0, 0.05) is 18.2 Å². The van der Waals surface area contributed by atoms with Crippen LogP contribution in [0.3, 0.4) is 0 Å². The lowest BCUT2D eigenvalue weighted by Gasteiger charge is -2.39. The van der Waals surface area contributed by atoms with Gasteiger partial charge in [-0.3, -0.25) is 4.67 Å². The molecule has 1 unspecified atom stereocenters. The second-order valence-electron chi connectivity index (χ2n) is 8.35. The SMILES string of the molecule is Cc1ccc(CN(P(Cl)CCp2c(C)c(C)c(C)c2C)C(C)(C)C)cc1. The molecule has 0 radical (unpaired) electrons. The van der Waals surface area contributed by atoms with Crippen LogP contribution >= 0.6 is 26.2 Å². The highest BCUT2D eigenvalue weighted by molar-refractivity contribution is 7.82. The van der Waals surface area contributed by atoms with E-state index in [1.807, 2.05) is 0 Å². The molecule has 0 amide bonds. The predicted molar refractivity (Wildman–Crippen MR) is 122 cm³/mol. The molecule has 0 spiro atoms. The summed E-state index contributed by atoms with van der Waals surface area (Å²) in [5, 5.41) is 3.21. The van der Waals surface area contributed by atoms with Crippen molar-refractivity contribution in [1.82, 2.24) is 4.67 Å². The van der Waals surface area contributed by atoms with Crippen molar-refractivity contribution >= 4 is 26.2 Å². The Bertz CT molecular complexity index is 715. The van der Waals surface area contributed by atoms with Gasteiger partial charge < -0.3 is 0 Å². The third-order valence-corrected chi connectivity index (χ3v) is 11.7. The number of nitrogens with zero attached hydrogens (tertiary/aromatic N) is 1. The van der Waals surface area contributed by atoms with E-state index in [9.17, 15) is 0 Å². The first-order chi connectivity index (χ1) is 12.0. The molecule has 4 heteroatoms. The lowest BCUT2D eigenvalue weighted by atomic mass is 10.1. The molecular formula is C22H34ClNP2. The minimum Gasteiger partial charge on any atom is -0.260 e. The van der Waals surface area contributed by atoms with Gasteiger partial charge in [0.25, 0.3) is 0 Å². The summed E-state index contributed by atoms with van der Waals surface area (Å²) >= 11 is 7.03. The molecule has 0 N–H and O–H groups in total. The van der Waals surface area contributed by atoms with Crippen LogP contribution in [-0.4, -0.2) is 16.4 Å². The first-order valence-corrected chi connectivity index (χ1v) is 13.3. The van der Waals surface area contributed by atoms with Crippen molar-refractivity contribution in [3.05, 3.63) is 57.1 Å². The third-order valence-electron chi connectivity index (χ3n) is 5.46. The van der Waals surface area contributed by atoms with Gasteiger partial charge in [-0.15, -0.1) is 7.53 Å². The summed E-state index contributed by atoms with van der Waals surface area (Å²) in [6, 6.07) is 8.87. The lowest BCUT2D eigenvalue weighted by Crippen LogP contribution is -2.36.